The van der Waals surface area contributed by atoms with Crippen LogP contribution in [-0.4, -0.2) is 33.7 Å². The van der Waals surface area contributed by atoms with Gasteiger partial charge in [-0.05, 0) is 24.1 Å². The van der Waals surface area contributed by atoms with Gasteiger partial charge in [-0.25, -0.2) is 9.97 Å². The monoisotopic (exact) mass is 398 g/mol. The van der Waals surface area contributed by atoms with Crippen LogP contribution in [0.3, 0.4) is 0 Å². The van der Waals surface area contributed by atoms with Crippen LogP contribution in [0.2, 0.25) is 0 Å². The van der Waals surface area contributed by atoms with Crippen molar-refractivity contribution in [3.8, 4) is 17.5 Å². The quantitative estimate of drug-likeness (QED) is 0.489. The summed E-state index contributed by atoms with van der Waals surface area (Å²) in [7, 11) is 0. The number of hydrogen-bond donors (Lipinski definition) is 1. The Bertz CT molecular complexity index is 1480. The Kier molecular flexibility index (Phi) is 4.17. The van der Waals surface area contributed by atoms with Gasteiger partial charge in [0.25, 0.3) is 5.56 Å². The van der Waals surface area contributed by atoms with Gasteiger partial charge < -0.3 is 4.98 Å². The summed E-state index contributed by atoms with van der Waals surface area (Å²) in [6, 6.07) is 9.57. The SMILES string of the molecule is CCCn1c(=O)c2[nH]c(-c3cnn(Cc4cccc(C#N)c4)c3)nc2n2ccnc12. The Hall–Kier alpha value is -4.19. The summed E-state index contributed by atoms with van der Waals surface area (Å²) in [6.45, 7) is 3.14. The molecule has 0 fully saturated rings. The molecule has 0 aliphatic rings. The minimum Gasteiger partial charge on any atom is -0.332 e. The molecule has 0 saturated heterocycles. The Labute approximate surface area is 170 Å². The Morgan fingerprint density at radius 3 is 3.03 bits per heavy atom. The highest BCUT2D eigenvalue weighted by Crippen LogP contribution is 2.20. The summed E-state index contributed by atoms with van der Waals surface area (Å²) in [5, 5.41) is 13.5. The van der Waals surface area contributed by atoms with Gasteiger partial charge in [-0.15, -0.1) is 0 Å². The molecule has 0 saturated carbocycles. The van der Waals surface area contributed by atoms with Crippen LogP contribution in [0.25, 0.3) is 28.3 Å². The minimum absolute atomic E-state index is 0.134. The first kappa shape index (κ1) is 17.9. The topological polar surface area (TPSA) is 110 Å². The molecular weight excluding hydrogens is 380 g/mol. The predicted molar refractivity (Wildman–Crippen MR) is 111 cm³/mol. The number of H-pyrrole nitrogens is 1. The lowest BCUT2D eigenvalue weighted by Gasteiger charge is -2.05. The number of hydrogen-bond acceptors (Lipinski definition) is 5. The van der Waals surface area contributed by atoms with Gasteiger partial charge >= 0.3 is 0 Å². The van der Waals surface area contributed by atoms with Gasteiger partial charge in [-0.3, -0.25) is 18.4 Å². The second kappa shape index (κ2) is 7.00. The first-order valence-corrected chi connectivity index (χ1v) is 9.65. The largest absolute Gasteiger partial charge is 0.332 e. The lowest BCUT2D eigenvalue weighted by molar-refractivity contribution is 0.663. The van der Waals surface area contributed by atoms with Crippen LogP contribution in [0.5, 0.6) is 0 Å². The average molecular weight is 398 g/mol. The van der Waals surface area contributed by atoms with Crippen molar-refractivity contribution in [2.24, 2.45) is 0 Å². The Morgan fingerprint density at radius 1 is 1.30 bits per heavy atom. The average Bonchev–Trinajstić information content (AvgIpc) is 3.49. The van der Waals surface area contributed by atoms with Crippen molar-refractivity contribution in [1.82, 2.24) is 33.7 Å². The van der Waals surface area contributed by atoms with E-state index in [1.165, 1.54) is 0 Å². The van der Waals surface area contributed by atoms with Gasteiger partial charge in [0.2, 0.25) is 5.78 Å². The second-order valence-corrected chi connectivity index (χ2v) is 7.08. The minimum atomic E-state index is -0.134. The molecule has 0 atom stereocenters. The van der Waals surface area contributed by atoms with Gasteiger partial charge in [0.15, 0.2) is 11.2 Å². The molecule has 0 bridgehead atoms. The molecule has 1 aromatic carbocycles. The van der Waals surface area contributed by atoms with Crippen LogP contribution in [0.1, 0.15) is 24.5 Å². The summed E-state index contributed by atoms with van der Waals surface area (Å²) in [5.74, 6) is 1.16. The molecular formula is C21H18N8O. The van der Waals surface area contributed by atoms with Crippen LogP contribution < -0.4 is 5.56 Å². The normalized spacial score (nSPS) is 11.3. The molecule has 0 aliphatic carbocycles. The number of aryl methyl sites for hydroxylation is 1. The molecule has 0 aliphatic heterocycles. The summed E-state index contributed by atoms with van der Waals surface area (Å²) in [4.78, 5) is 25.1. The highest BCUT2D eigenvalue weighted by Gasteiger charge is 2.17. The Morgan fingerprint density at radius 2 is 2.20 bits per heavy atom. The maximum absolute atomic E-state index is 13.0. The third-order valence-corrected chi connectivity index (χ3v) is 4.99. The van der Waals surface area contributed by atoms with E-state index in [0.29, 0.717) is 41.4 Å². The van der Waals surface area contributed by atoms with Crippen LogP contribution in [0.4, 0.5) is 0 Å². The number of aromatic nitrogens is 7. The van der Waals surface area contributed by atoms with E-state index < -0.39 is 0 Å². The van der Waals surface area contributed by atoms with E-state index in [1.54, 1.807) is 33.9 Å². The van der Waals surface area contributed by atoms with E-state index in [1.807, 2.05) is 35.7 Å². The summed E-state index contributed by atoms with van der Waals surface area (Å²) in [6.07, 6.45) is 7.88. The Balaban J connectivity index is 1.55. The van der Waals surface area contributed by atoms with E-state index in [-0.39, 0.29) is 5.56 Å². The molecule has 0 spiro atoms. The first-order chi connectivity index (χ1) is 14.7. The van der Waals surface area contributed by atoms with Crippen LogP contribution in [-0.2, 0) is 13.1 Å². The molecule has 9 nitrogen and oxygen atoms in total. The molecule has 4 aromatic heterocycles. The van der Waals surface area contributed by atoms with Gasteiger partial charge in [-0.2, -0.15) is 10.4 Å². The van der Waals surface area contributed by atoms with Crippen molar-refractivity contribution in [2.75, 3.05) is 0 Å². The van der Waals surface area contributed by atoms with Gasteiger partial charge in [-0.1, -0.05) is 19.1 Å². The van der Waals surface area contributed by atoms with E-state index in [9.17, 15) is 4.79 Å². The van der Waals surface area contributed by atoms with E-state index >= 15 is 0 Å². The highest BCUT2D eigenvalue weighted by molar-refractivity contribution is 5.77. The van der Waals surface area contributed by atoms with Crippen molar-refractivity contribution in [3.05, 3.63) is 70.5 Å². The first-order valence-electron chi connectivity index (χ1n) is 9.65. The number of nitriles is 1. The fraction of sp³-hybridized carbons (Fsp3) is 0.190. The van der Waals surface area contributed by atoms with Crippen molar-refractivity contribution in [3.63, 3.8) is 0 Å². The maximum Gasteiger partial charge on any atom is 0.280 e. The predicted octanol–water partition coefficient (Wildman–Crippen LogP) is 2.57. The van der Waals surface area contributed by atoms with E-state index in [2.05, 4.69) is 26.1 Å². The molecule has 0 amide bonds. The molecule has 1 N–H and O–H groups in total. The lowest BCUT2D eigenvalue weighted by atomic mass is 10.1. The smallest absolute Gasteiger partial charge is 0.280 e. The number of aromatic amines is 1. The van der Waals surface area contributed by atoms with Crippen molar-refractivity contribution in [1.29, 1.82) is 5.26 Å². The third-order valence-electron chi connectivity index (χ3n) is 4.99. The second-order valence-electron chi connectivity index (χ2n) is 7.08. The van der Waals surface area contributed by atoms with Crippen LogP contribution in [0, 0.1) is 11.3 Å². The molecule has 0 unspecified atom stereocenters. The fourth-order valence-electron chi connectivity index (χ4n) is 3.63. The van der Waals surface area contributed by atoms with Crippen LogP contribution in [0.15, 0.2) is 53.8 Å². The fourth-order valence-corrected chi connectivity index (χ4v) is 3.63. The standard InChI is InChI=1S/C21H18N8O/c1-2-7-29-20(30)17-19(28-8-6-23-21(28)29)26-18(25-17)16-11-24-27(13-16)12-15-5-3-4-14(9-15)10-22/h3-6,8-9,11,13H,2,7,12H2,1H3,(H,25,26). The molecule has 30 heavy (non-hydrogen) atoms. The summed E-state index contributed by atoms with van der Waals surface area (Å²) < 4.78 is 5.27. The third kappa shape index (κ3) is 2.86. The number of benzene rings is 1. The van der Waals surface area contributed by atoms with E-state index in [4.69, 9.17) is 5.26 Å². The molecule has 5 rings (SSSR count). The number of nitrogens with one attached hydrogen (secondary N) is 1. The van der Waals surface area contributed by atoms with Crippen LogP contribution >= 0.6 is 0 Å². The number of fused-ring (bicyclic) bond motifs is 3. The molecule has 5 aromatic rings. The zero-order chi connectivity index (χ0) is 20.7. The zero-order valence-electron chi connectivity index (χ0n) is 16.3. The summed E-state index contributed by atoms with van der Waals surface area (Å²) >= 11 is 0. The lowest BCUT2D eigenvalue weighted by Crippen LogP contribution is -2.23. The summed E-state index contributed by atoms with van der Waals surface area (Å²) in [5.41, 5.74) is 3.23. The maximum atomic E-state index is 13.0. The number of nitrogens with zero attached hydrogens (tertiary/aromatic N) is 7. The number of imidazole rings is 2. The molecule has 148 valence electrons. The molecule has 0 radical (unpaired) electrons. The van der Waals surface area contributed by atoms with Crippen molar-refractivity contribution in [2.45, 2.75) is 26.4 Å². The van der Waals surface area contributed by atoms with E-state index in [0.717, 1.165) is 17.5 Å². The van der Waals surface area contributed by atoms with Crippen molar-refractivity contribution >= 4 is 16.9 Å². The van der Waals surface area contributed by atoms with Gasteiger partial charge in [0, 0.05) is 25.1 Å². The van der Waals surface area contributed by atoms with Gasteiger partial charge in [0.1, 0.15) is 5.82 Å². The van der Waals surface area contributed by atoms with Crippen molar-refractivity contribution < 1.29 is 0 Å². The zero-order valence-corrected chi connectivity index (χ0v) is 16.3. The molecule has 4 heterocycles. The van der Waals surface area contributed by atoms with Gasteiger partial charge in [0.05, 0.1) is 29.9 Å². The molecule has 9 heteroatoms. The number of rotatable bonds is 5. The highest BCUT2D eigenvalue weighted by atomic mass is 16.1.